The molecular formula is C39H44N8O4. The SMILES string of the molecule is N=C(N)/C(=C\C(=N)c1ccccc1O)c1ccc(N2CCC(CN3CCN(c4ccc5c(c4)CN(C4CCC(=O)NC4=O)C5=O)CC3)CC2)cc1. The van der Waals surface area contributed by atoms with Crippen LogP contribution < -0.4 is 20.9 Å². The van der Waals surface area contributed by atoms with Crippen LogP contribution in [0.25, 0.3) is 5.57 Å². The lowest BCUT2D eigenvalue weighted by Crippen LogP contribution is -2.52. The molecule has 1 unspecified atom stereocenters. The van der Waals surface area contributed by atoms with Crippen LogP contribution in [0.5, 0.6) is 5.75 Å². The molecule has 0 bridgehead atoms. The summed E-state index contributed by atoms with van der Waals surface area (Å²) in [5.41, 5.74) is 11.4. The van der Waals surface area contributed by atoms with E-state index in [1.165, 1.54) is 12.1 Å². The average molecular weight is 689 g/mol. The van der Waals surface area contributed by atoms with Gasteiger partial charge in [0.25, 0.3) is 5.91 Å². The molecule has 3 fully saturated rings. The number of nitrogens with one attached hydrogen (secondary N) is 3. The number of aromatic hydroxyl groups is 1. The number of rotatable bonds is 9. The van der Waals surface area contributed by atoms with E-state index in [4.69, 9.17) is 16.6 Å². The van der Waals surface area contributed by atoms with Crippen molar-refractivity contribution in [1.29, 1.82) is 10.8 Å². The van der Waals surface area contributed by atoms with Crippen LogP contribution in [0.3, 0.4) is 0 Å². The molecule has 3 amide bonds. The van der Waals surface area contributed by atoms with Crippen molar-refractivity contribution in [2.45, 2.75) is 38.3 Å². The zero-order chi connectivity index (χ0) is 35.6. The molecule has 0 aromatic heterocycles. The first-order chi connectivity index (χ1) is 24.6. The molecule has 12 nitrogen and oxygen atoms in total. The maximum absolute atomic E-state index is 13.1. The highest BCUT2D eigenvalue weighted by Gasteiger charge is 2.39. The van der Waals surface area contributed by atoms with Gasteiger partial charge in [-0.3, -0.25) is 30.0 Å². The van der Waals surface area contributed by atoms with Crippen molar-refractivity contribution in [3.05, 3.63) is 95.1 Å². The summed E-state index contributed by atoms with van der Waals surface area (Å²) in [5, 5.41) is 29.1. The molecule has 7 rings (SSSR count). The van der Waals surface area contributed by atoms with Crippen LogP contribution in [0.4, 0.5) is 11.4 Å². The second-order valence-electron chi connectivity index (χ2n) is 13.9. The summed E-state index contributed by atoms with van der Waals surface area (Å²) in [6.07, 6.45) is 4.37. The standard InChI is InChI=1S/C39H44N8O4/c40-33(31-3-1-2-4-35(31)48)22-32(37(41)42)26-5-7-28(8-6-26)45-15-13-25(14-16-45)23-44-17-19-46(20-18-44)29-9-10-30-27(21-29)24-47(39(30)51)34-11-12-36(49)43-38(34)50/h1-10,21-22,25,34,40,48H,11-20,23-24H2,(H3,41,42)(H,43,49,50)/b32-22-,40-33?. The molecule has 51 heavy (non-hydrogen) atoms. The second-order valence-corrected chi connectivity index (χ2v) is 13.9. The number of nitrogens with two attached hydrogens (primary N) is 1. The lowest BCUT2D eigenvalue weighted by atomic mass is 9.95. The predicted molar refractivity (Wildman–Crippen MR) is 197 cm³/mol. The van der Waals surface area contributed by atoms with Gasteiger partial charge in [0.1, 0.15) is 17.6 Å². The number of carbonyl (C=O) groups is 3. The summed E-state index contributed by atoms with van der Waals surface area (Å²) in [5.74, 6) is -0.298. The summed E-state index contributed by atoms with van der Waals surface area (Å²) in [4.78, 5) is 46.1. The van der Waals surface area contributed by atoms with Crippen molar-refractivity contribution in [3.63, 3.8) is 0 Å². The molecule has 6 N–H and O–H groups in total. The minimum Gasteiger partial charge on any atom is -0.507 e. The number of nitrogens with zero attached hydrogens (tertiary/aromatic N) is 4. The second kappa shape index (κ2) is 14.4. The molecule has 0 radical (unpaired) electrons. The van der Waals surface area contributed by atoms with Gasteiger partial charge in [0, 0.05) is 86.9 Å². The third-order valence-electron chi connectivity index (χ3n) is 10.7. The summed E-state index contributed by atoms with van der Waals surface area (Å²) < 4.78 is 0. The third-order valence-corrected chi connectivity index (χ3v) is 10.7. The highest BCUT2D eigenvalue weighted by Crippen LogP contribution is 2.32. The third kappa shape index (κ3) is 7.23. The number of anilines is 2. The Morgan fingerprint density at radius 1 is 0.863 bits per heavy atom. The van der Waals surface area contributed by atoms with Crippen LogP contribution in [-0.2, 0) is 16.1 Å². The number of phenolic OH excluding ortho intramolecular Hbond substituents is 1. The van der Waals surface area contributed by atoms with Gasteiger partial charge >= 0.3 is 0 Å². The summed E-state index contributed by atoms with van der Waals surface area (Å²) >= 11 is 0. The van der Waals surface area contributed by atoms with Crippen LogP contribution >= 0.6 is 0 Å². The van der Waals surface area contributed by atoms with Crippen LogP contribution in [0, 0.1) is 16.7 Å². The quantitative estimate of drug-likeness (QED) is 0.129. The van der Waals surface area contributed by atoms with E-state index in [1.807, 2.05) is 24.3 Å². The lowest BCUT2D eigenvalue weighted by molar-refractivity contribution is -0.136. The zero-order valence-electron chi connectivity index (χ0n) is 28.6. The summed E-state index contributed by atoms with van der Waals surface area (Å²) in [6, 6.07) is 20.0. The molecule has 0 saturated carbocycles. The first-order valence-electron chi connectivity index (χ1n) is 17.7. The molecule has 4 heterocycles. The molecule has 4 aliphatic heterocycles. The van der Waals surface area contributed by atoms with Gasteiger partial charge in [-0.1, -0.05) is 24.3 Å². The van der Waals surface area contributed by atoms with Gasteiger partial charge in [-0.25, -0.2) is 0 Å². The van der Waals surface area contributed by atoms with Crippen molar-refractivity contribution in [2.24, 2.45) is 11.7 Å². The van der Waals surface area contributed by atoms with E-state index < -0.39 is 6.04 Å². The Hall–Kier alpha value is -5.49. The number of amides is 3. The first-order valence-corrected chi connectivity index (χ1v) is 17.7. The van der Waals surface area contributed by atoms with Gasteiger partial charge < -0.3 is 30.9 Å². The Kier molecular flexibility index (Phi) is 9.59. The van der Waals surface area contributed by atoms with Gasteiger partial charge in [0.15, 0.2) is 0 Å². The smallest absolute Gasteiger partial charge is 0.255 e. The number of fused-ring (bicyclic) bond motifs is 1. The van der Waals surface area contributed by atoms with Crippen molar-refractivity contribution in [1.82, 2.24) is 15.1 Å². The van der Waals surface area contributed by atoms with Crippen molar-refractivity contribution in [3.8, 4) is 5.75 Å². The maximum Gasteiger partial charge on any atom is 0.255 e. The summed E-state index contributed by atoms with van der Waals surface area (Å²) in [6.45, 7) is 7.20. The average Bonchev–Trinajstić information content (AvgIpc) is 3.46. The fourth-order valence-corrected chi connectivity index (χ4v) is 7.78. The molecule has 264 valence electrons. The van der Waals surface area contributed by atoms with Crippen molar-refractivity contribution in [2.75, 3.05) is 55.6 Å². The van der Waals surface area contributed by atoms with Gasteiger partial charge in [-0.15, -0.1) is 0 Å². The topological polar surface area (TPSA) is 170 Å². The normalized spacial score (nSPS) is 20.4. The Morgan fingerprint density at radius 2 is 1.55 bits per heavy atom. The number of hydrogen-bond donors (Lipinski definition) is 5. The number of benzene rings is 3. The van der Waals surface area contributed by atoms with E-state index in [0.29, 0.717) is 35.6 Å². The van der Waals surface area contributed by atoms with E-state index in [0.717, 1.165) is 81.2 Å². The first kappa shape index (κ1) is 34.0. The molecule has 4 aliphatic rings. The Morgan fingerprint density at radius 3 is 2.24 bits per heavy atom. The van der Waals surface area contributed by atoms with E-state index in [2.05, 4.69) is 38.2 Å². The number of phenols is 1. The van der Waals surface area contributed by atoms with Gasteiger partial charge in [0.2, 0.25) is 11.8 Å². The van der Waals surface area contributed by atoms with Crippen LogP contribution in [0.15, 0.2) is 72.8 Å². The largest absolute Gasteiger partial charge is 0.507 e. The highest BCUT2D eigenvalue weighted by atomic mass is 16.3. The van der Waals surface area contributed by atoms with E-state index in [9.17, 15) is 19.5 Å². The molecule has 3 aromatic carbocycles. The number of allylic oxidation sites excluding steroid dienone is 1. The Balaban J connectivity index is 0.887. The lowest BCUT2D eigenvalue weighted by Gasteiger charge is -2.40. The minimum atomic E-state index is -0.601. The molecular weight excluding hydrogens is 644 g/mol. The van der Waals surface area contributed by atoms with Crippen molar-refractivity contribution >= 4 is 46.2 Å². The van der Waals surface area contributed by atoms with Crippen LogP contribution in [0.1, 0.15) is 52.7 Å². The molecule has 3 saturated heterocycles. The van der Waals surface area contributed by atoms with E-state index in [-0.39, 0.29) is 41.4 Å². The number of para-hydroxylation sites is 1. The Labute approximate surface area is 297 Å². The number of hydrogen-bond acceptors (Lipinski definition) is 9. The molecule has 12 heteroatoms. The monoisotopic (exact) mass is 688 g/mol. The number of piperidine rings is 2. The molecule has 1 atom stereocenters. The number of carbonyl (C=O) groups excluding carboxylic acids is 3. The Bertz CT molecular complexity index is 1890. The predicted octanol–water partition coefficient (Wildman–Crippen LogP) is 3.58. The van der Waals surface area contributed by atoms with Crippen LogP contribution in [0.2, 0.25) is 0 Å². The van der Waals surface area contributed by atoms with E-state index in [1.54, 1.807) is 23.1 Å². The summed E-state index contributed by atoms with van der Waals surface area (Å²) in [7, 11) is 0. The van der Waals surface area contributed by atoms with Gasteiger partial charge in [-0.2, -0.15) is 0 Å². The van der Waals surface area contributed by atoms with Gasteiger partial charge in [-0.05, 0) is 84.8 Å². The molecule has 0 spiro atoms. The number of imide groups is 1. The van der Waals surface area contributed by atoms with Crippen molar-refractivity contribution < 1.29 is 19.5 Å². The number of piperazine rings is 1. The molecule has 3 aromatic rings. The van der Waals surface area contributed by atoms with Crippen LogP contribution in [-0.4, -0.2) is 96.0 Å². The fourth-order valence-electron chi connectivity index (χ4n) is 7.78. The minimum absolute atomic E-state index is 0.0140. The zero-order valence-corrected chi connectivity index (χ0v) is 28.6. The number of amidine groups is 1. The fraction of sp³-hybridized carbons (Fsp3) is 0.359. The highest BCUT2D eigenvalue weighted by molar-refractivity contribution is 6.27. The maximum atomic E-state index is 13.1. The molecule has 0 aliphatic carbocycles. The van der Waals surface area contributed by atoms with E-state index >= 15 is 0 Å². The van der Waals surface area contributed by atoms with Gasteiger partial charge in [0.05, 0.1) is 5.71 Å².